The Morgan fingerprint density at radius 3 is 2.71 bits per heavy atom. The molecule has 6 heteroatoms. The van der Waals surface area contributed by atoms with Gasteiger partial charge in [0.25, 0.3) is 0 Å². The second kappa shape index (κ2) is 5.87. The fourth-order valence-corrected chi connectivity index (χ4v) is 2.97. The average molecular weight is 320 g/mol. The van der Waals surface area contributed by atoms with Crippen molar-refractivity contribution in [2.45, 2.75) is 13.5 Å². The van der Waals surface area contributed by atoms with E-state index in [0.717, 1.165) is 15.8 Å². The van der Waals surface area contributed by atoms with Crippen molar-refractivity contribution in [2.75, 3.05) is 12.4 Å². The van der Waals surface area contributed by atoms with Crippen LogP contribution >= 0.6 is 22.9 Å². The molecule has 0 saturated carbocycles. The lowest BCUT2D eigenvalue weighted by Crippen LogP contribution is -2.01. The van der Waals surface area contributed by atoms with Gasteiger partial charge in [0, 0.05) is 16.9 Å². The highest BCUT2D eigenvalue weighted by atomic mass is 35.5. The third-order valence-corrected chi connectivity index (χ3v) is 4.19. The molecule has 2 heterocycles. The third kappa shape index (κ3) is 3.09. The molecule has 1 N–H and O–H groups in total. The van der Waals surface area contributed by atoms with Crippen LogP contribution in [0.1, 0.15) is 10.4 Å². The fourth-order valence-electron chi connectivity index (χ4n) is 1.97. The Bertz CT molecular complexity index is 770. The quantitative estimate of drug-likeness (QED) is 0.780. The molecule has 3 aromatic rings. The smallest absolute Gasteiger partial charge is 0.227 e. The summed E-state index contributed by atoms with van der Waals surface area (Å²) in [5, 5.41) is 4.63. The van der Waals surface area contributed by atoms with Gasteiger partial charge in [-0.2, -0.15) is 4.98 Å². The molecular formula is C15H14ClN3OS. The van der Waals surface area contributed by atoms with Crippen molar-refractivity contribution in [1.82, 2.24) is 9.97 Å². The van der Waals surface area contributed by atoms with E-state index in [-0.39, 0.29) is 0 Å². The highest BCUT2D eigenvalue weighted by molar-refractivity contribution is 7.18. The molecule has 0 fully saturated rings. The highest BCUT2D eigenvalue weighted by Gasteiger charge is 2.11. The van der Waals surface area contributed by atoms with Gasteiger partial charge in [-0.3, -0.25) is 0 Å². The van der Waals surface area contributed by atoms with E-state index in [1.54, 1.807) is 18.4 Å². The number of aromatic nitrogens is 2. The summed E-state index contributed by atoms with van der Waals surface area (Å²) in [6, 6.07) is 9.64. The summed E-state index contributed by atoms with van der Waals surface area (Å²) in [6.45, 7) is 2.50. The predicted octanol–water partition coefficient (Wildman–Crippen LogP) is 4.27. The first-order chi connectivity index (χ1) is 10.2. The van der Waals surface area contributed by atoms with Crippen LogP contribution in [-0.4, -0.2) is 17.0 Å². The molecule has 0 aliphatic rings. The maximum atomic E-state index is 5.88. The van der Waals surface area contributed by atoms with Crippen molar-refractivity contribution in [3.63, 3.8) is 0 Å². The van der Waals surface area contributed by atoms with Crippen LogP contribution in [0.3, 0.4) is 0 Å². The molecule has 3 rings (SSSR count). The van der Waals surface area contributed by atoms with Gasteiger partial charge in [0.2, 0.25) is 11.8 Å². The zero-order chi connectivity index (χ0) is 14.8. The molecule has 0 amide bonds. The maximum Gasteiger partial charge on any atom is 0.227 e. The predicted molar refractivity (Wildman–Crippen MR) is 87.5 cm³/mol. The SMILES string of the molecule is CNc1nc(OCc2ccc(Cl)cc2)c2cc(C)sc2n1. The summed E-state index contributed by atoms with van der Waals surface area (Å²) < 4.78 is 5.87. The van der Waals surface area contributed by atoms with E-state index in [4.69, 9.17) is 16.3 Å². The first-order valence-corrected chi connectivity index (χ1v) is 7.68. The number of aryl methyl sites for hydroxylation is 1. The number of nitrogens with one attached hydrogen (secondary N) is 1. The molecule has 0 bridgehead atoms. The molecule has 108 valence electrons. The summed E-state index contributed by atoms with van der Waals surface area (Å²) in [5.74, 6) is 1.17. The standard InChI is InChI=1S/C15H14ClN3OS/c1-9-7-12-13(18-15(17-2)19-14(12)21-9)20-8-10-3-5-11(16)6-4-10/h3-7H,8H2,1-2H3,(H,17,18,19). The summed E-state index contributed by atoms with van der Waals surface area (Å²) >= 11 is 7.51. The molecule has 0 spiro atoms. The molecule has 1 aromatic carbocycles. The van der Waals surface area contributed by atoms with Gasteiger partial charge in [0.1, 0.15) is 11.4 Å². The molecule has 0 radical (unpaired) electrons. The van der Waals surface area contributed by atoms with Gasteiger partial charge in [0.05, 0.1) is 5.39 Å². The molecule has 4 nitrogen and oxygen atoms in total. The molecule has 0 atom stereocenters. The number of halogens is 1. The van der Waals surface area contributed by atoms with Gasteiger partial charge in [-0.1, -0.05) is 23.7 Å². The van der Waals surface area contributed by atoms with Gasteiger partial charge in [-0.15, -0.1) is 11.3 Å². The first-order valence-electron chi connectivity index (χ1n) is 6.49. The minimum absolute atomic E-state index is 0.446. The topological polar surface area (TPSA) is 47.0 Å². The van der Waals surface area contributed by atoms with E-state index < -0.39 is 0 Å². The number of hydrogen-bond donors (Lipinski definition) is 1. The van der Waals surface area contributed by atoms with Gasteiger partial charge in [-0.05, 0) is 30.7 Å². The van der Waals surface area contributed by atoms with Gasteiger partial charge in [0.15, 0.2) is 0 Å². The minimum Gasteiger partial charge on any atom is -0.472 e. The maximum absolute atomic E-state index is 5.88. The Morgan fingerprint density at radius 2 is 2.00 bits per heavy atom. The molecule has 0 aliphatic heterocycles. The fraction of sp³-hybridized carbons (Fsp3) is 0.200. The van der Waals surface area contributed by atoms with Crippen molar-refractivity contribution in [3.05, 3.63) is 45.8 Å². The van der Waals surface area contributed by atoms with Crippen LogP contribution in [0.2, 0.25) is 5.02 Å². The summed E-state index contributed by atoms with van der Waals surface area (Å²) in [6.07, 6.45) is 0. The Labute approximate surface area is 131 Å². The third-order valence-electron chi connectivity index (χ3n) is 2.99. The van der Waals surface area contributed by atoms with Gasteiger partial charge >= 0.3 is 0 Å². The lowest BCUT2D eigenvalue weighted by atomic mass is 10.2. The van der Waals surface area contributed by atoms with E-state index in [0.29, 0.717) is 23.5 Å². The average Bonchev–Trinajstić information content (AvgIpc) is 2.86. The Hall–Kier alpha value is -1.85. The van der Waals surface area contributed by atoms with Crippen LogP contribution in [0.4, 0.5) is 5.95 Å². The Morgan fingerprint density at radius 1 is 1.24 bits per heavy atom. The Kier molecular flexibility index (Phi) is 3.94. The zero-order valence-electron chi connectivity index (χ0n) is 11.7. The number of thiophene rings is 1. The summed E-state index contributed by atoms with van der Waals surface area (Å²) in [7, 11) is 1.80. The van der Waals surface area contributed by atoms with Crippen molar-refractivity contribution >= 4 is 39.1 Å². The van der Waals surface area contributed by atoms with Crippen LogP contribution in [0, 0.1) is 6.92 Å². The van der Waals surface area contributed by atoms with E-state index in [1.807, 2.05) is 31.2 Å². The highest BCUT2D eigenvalue weighted by Crippen LogP contribution is 2.31. The lowest BCUT2D eigenvalue weighted by molar-refractivity contribution is 0.298. The van der Waals surface area contributed by atoms with E-state index >= 15 is 0 Å². The van der Waals surface area contributed by atoms with Crippen LogP contribution in [-0.2, 0) is 6.61 Å². The van der Waals surface area contributed by atoms with Crippen molar-refractivity contribution in [3.8, 4) is 5.88 Å². The number of ether oxygens (including phenoxy) is 1. The zero-order valence-corrected chi connectivity index (χ0v) is 13.3. The number of hydrogen-bond acceptors (Lipinski definition) is 5. The van der Waals surface area contributed by atoms with E-state index in [2.05, 4.69) is 21.4 Å². The van der Waals surface area contributed by atoms with Crippen molar-refractivity contribution < 1.29 is 4.74 Å². The first kappa shape index (κ1) is 14.1. The second-order valence-corrected chi connectivity index (χ2v) is 6.26. The van der Waals surface area contributed by atoms with Crippen LogP contribution < -0.4 is 10.1 Å². The monoisotopic (exact) mass is 319 g/mol. The largest absolute Gasteiger partial charge is 0.472 e. The van der Waals surface area contributed by atoms with E-state index in [1.165, 1.54) is 4.88 Å². The summed E-state index contributed by atoms with van der Waals surface area (Å²) in [4.78, 5) is 11.0. The van der Waals surface area contributed by atoms with Crippen molar-refractivity contribution in [1.29, 1.82) is 0 Å². The summed E-state index contributed by atoms with van der Waals surface area (Å²) in [5.41, 5.74) is 1.05. The molecule has 21 heavy (non-hydrogen) atoms. The number of anilines is 1. The molecule has 2 aromatic heterocycles. The lowest BCUT2D eigenvalue weighted by Gasteiger charge is -2.08. The van der Waals surface area contributed by atoms with Crippen LogP contribution in [0.25, 0.3) is 10.2 Å². The van der Waals surface area contributed by atoms with Gasteiger partial charge < -0.3 is 10.1 Å². The van der Waals surface area contributed by atoms with Crippen LogP contribution in [0.5, 0.6) is 5.88 Å². The molecule has 0 unspecified atom stereocenters. The van der Waals surface area contributed by atoms with E-state index in [9.17, 15) is 0 Å². The molecular weight excluding hydrogens is 306 g/mol. The minimum atomic E-state index is 0.446. The Balaban J connectivity index is 1.90. The number of rotatable bonds is 4. The number of benzene rings is 1. The van der Waals surface area contributed by atoms with Crippen LogP contribution in [0.15, 0.2) is 30.3 Å². The molecule has 0 saturated heterocycles. The van der Waals surface area contributed by atoms with Crippen molar-refractivity contribution in [2.24, 2.45) is 0 Å². The molecule has 0 aliphatic carbocycles. The second-order valence-electron chi connectivity index (χ2n) is 4.59. The van der Waals surface area contributed by atoms with Gasteiger partial charge in [-0.25, -0.2) is 4.98 Å². The number of nitrogens with zero attached hydrogens (tertiary/aromatic N) is 2. The number of fused-ring (bicyclic) bond motifs is 1. The normalized spacial score (nSPS) is 10.8.